The van der Waals surface area contributed by atoms with E-state index >= 15 is 0 Å². The first-order valence-electron chi connectivity index (χ1n) is 5.66. The Morgan fingerprint density at radius 1 is 1.35 bits per heavy atom. The molecule has 0 saturated carbocycles. The van der Waals surface area contributed by atoms with Gasteiger partial charge in [0.1, 0.15) is 17.3 Å². The fourth-order valence-corrected chi connectivity index (χ4v) is 1.97. The molecule has 5 nitrogen and oxygen atoms in total. The molecule has 1 aromatic heterocycles. The highest BCUT2D eigenvalue weighted by atomic mass is 79.9. The zero-order valence-corrected chi connectivity index (χ0v) is 12.1. The molecule has 0 fully saturated rings. The lowest BCUT2D eigenvalue weighted by molar-refractivity contribution is 0.0683. The molecule has 0 radical (unpaired) electrons. The van der Waals surface area contributed by atoms with Crippen LogP contribution in [0.5, 0.6) is 0 Å². The largest absolute Gasteiger partial charge is 0.475 e. The van der Waals surface area contributed by atoms with E-state index in [-0.39, 0.29) is 21.9 Å². The van der Waals surface area contributed by atoms with Gasteiger partial charge in [0.2, 0.25) is 0 Å². The van der Waals surface area contributed by atoms with Crippen LogP contribution in [0.1, 0.15) is 36.2 Å². The molecule has 0 aliphatic carbocycles. The average Bonchev–Trinajstić information content (AvgIpc) is 2.78. The lowest BCUT2D eigenvalue weighted by atomic mass is 10.2. The van der Waals surface area contributed by atoms with Gasteiger partial charge >= 0.3 is 5.97 Å². The summed E-state index contributed by atoms with van der Waals surface area (Å²) in [6.45, 7) is 3.53. The van der Waals surface area contributed by atoms with E-state index in [0.29, 0.717) is 6.07 Å². The minimum atomic E-state index is -1.31. The van der Waals surface area contributed by atoms with Crippen molar-refractivity contribution in [2.75, 3.05) is 0 Å². The van der Waals surface area contributed by atoms with Crippen LogP contribution in [0.4, 0.5) is 8.78 Å². The first-order valence-corrected chi connectivity index (χ1v) is 6.45. The smallest absolute Gasteiger partial charge is 0.375 e. The van der Waals surface area contributed by atoms with E-state index in [1.807, 2.05) is 0 Å². The molecule has 2 aromatic rings. The molecule has 106 valence electrons. The van der Waals surface area contributed by atoms with Crippen LogP contribution in [0.3, 0.4) is 0 Å². The number of carboxylic acids is 1. The second kappa shape index (κ2) is 5.28. The number of hydrogen-bond donors (Lipinski definition) is 1. The first kappa shape index (κ1) is 14.6. The van der Waals surface area contributed by atoms with Crippen molar-refractivity contribution in [3.05, 3.63) is 39.9 Å². The molecule has 1 aromatic carbocycles. The summed E-state index contributed by atoms with van der Waals surface area (Å²) in [5.41, 5.74) is -0.0676. The average molecular weight is 346 g/mol. The van der Waals surface area contributed by atoms with Crippen LogP contribution in [-0.4, -0.2) is 25.8 Å². The zero-order valence-electron chi connectivity index (χ0n) is 10.6. The van der Waals surface area contributed by atoms with Crippen LogP contribution in [0, 0.1) is 11.6 Å². The molecule has 0 amide bonds. The maximum Gasteiger partial charge on any atom is 0.375 e. The minimum Gasteiger partial charge on any atom is -0.475 e. The minimum absolute atomic E-state index is 0.0518. The van der Waals surface area contributed by atoms with Crippen LogP contribution in [0.15, 0.2) is 16.6 Å². The second-order valence-corrected chi connectivity index (χ2v) is 5.24. The first-order chi connectivity index (χ1) is 9.31. The van der Waals surface area contributed by atoms with Crippen LogP contribution in [-0.2, 0) is 0 Å². The van der Waals surface area contributed by atoms with Gasteiger partial charge in [0, 0.05) is 12.0 Å². The van der Waals surface area contributed by atoms with E-state index in [2.05, 4.69) is 26.0 Å². The molecule has 0 unspecified atom stereocenters. The van der Waals surface area contributed by atoms with Crippen LogP contribution < -0.4 is 0 Å². The van der Waals surface area contributed by atoms with Crippen LogP contribution >= 0.6 is 15.9 Å². The standard InChI is InChI=1S/C12H10BrF2N3O2/c1-5(2)11-16-10(12(19)20)17-18(11)9-3-6(13)7(14)4-8(9)15/h3-5H,1-2H3,(H,19,20). The van der Waals surface area contributed by atoms with E-state index in [0.717, 1.165) is 4.68 Å². The predicted octanol–water partition coefficient (Wildman–Crippen LogP) is 3.13. The summed E-state index contributed by atoms with van der Waals surface area (Å²) in [5.74, 6) is -3.26. The number of carbonyl (C=O) groups is 1. The number of benzene rings is 1. The van der Waals surface area contributed by atoms with Gasteiger partial charge in [0.05, 0.1) is 4.47 Å². The van der Waals surface area contributed by atoms with Crippen molar-refractivity contribution >= 4 is 21.9 Å². The van der Waals surface area contributed by atoms with Crippen molar-refractivity contribution < 1.29 is 18.7 Å². The Labute approximate surface area is 121 Å². The van der Waals surface area contributed by atoms with Gasteiger partial charge < -0.3 is 5.11 Å². The molecule has 0 atom stereocenters. The Hall–Kier alpha value is -1.83. The number of rotatable bonds is 3. The van der Waals surface area contributed by atoms with Crippen molar-refractivity contribution in [2.45, 2.75) is 19.8 Å². The number of aromatic carboxylic acids is 1. The Kier molecular flexibility index (Phi) is 3.85. The third-order valence-corrected chi connectivity index (χ3v) is 3.17. The monoisotopic (exact) mass is 345 g/mol. The van der Waals surface area contributed by atoms with Gasteiger partial charge in [-0.15, -0.1) is 5.10 Å². The normalized spacial score (nSPS) is 11.1. The van der Waals surface area contributed by atoms with Gasteiger partial charge in [-0.1, -0.05) is 13.8 Å². The topological polar surface area (TPSA) is 68.0 Å². The quantitative estimate of drug-likeness (QED) is 0.867. The summed E-state index contributed by atoms with van der Waals surface area (Å²) < 4.78 is 28.2. The van der Waals surface area contributed by atoms with Gasteiger partial charge in [-0.25, -0.2) is 23.2 Å². The molecule has 0 spiro atoms. The van der Waals surface area contributed by atoms with E-state index in [9.17, 15) is 13.6 Å². The summed E-state index contributed by atoms with van der Waals surface area (Å²) >= 11 is 2.96. The lowest BCUT2D eigenvalue weighted by Gasteiger charge is -2.09. The zero-order chi connectivity index (χ0) is 15.0. The highest BCUT2D eigenvalue weighted by Crippen LogP contribution is 2.25. The molecular weight excluding hydrogens is 336 g/mol. The number of halogens is 3. The Morgan fingerprint density at radius 2 is 2.00 bits per heavy atom. The van der Waals surface area contributed by atoms with E-state index < -0.39 is 23.4 Å². The number of aromatic nitrogens is 3. The molecule has 20 heavy (non-hydrogen) atoms. The van der Waals surface area contributed by atoms with Gasteiger partial charge in [-0.2, -0.15) is 0 Å². The third-order valence-electron chi connectivity index (χ3n) is 2.56. The van der Waals surface area contributed by atoms with Crippen molar-refractivity contribution in [1.82, 2.24) is 14.8 Å². The summed E-state index contributed by atoms with van der Waals surface area (Å²) in [6.07, 6.45) is 0. The maximum absolute atomic E-state index is 13.9. The molecule has 0 aliphatic rings. The summed E-state index contributed by atoms with van der Waals surface area (Å²) in [7, 11) is 0. The summed E-state index contributed by atoms with van der Waals surface area (Å²) in [5, 5.41) is 12.7. The van der Waals surface area contributed by atoms with Gasteiger partial charge in [-0.05, 0) is 22.0 Å². The highest BCUT2D eigenvalue weighted by Gasteiger charge is 2.21. The highest BCUT2D eigenvalue weighted by molar-refractivity contribution is 9.10. The van der Waals surface area contributed by atoms with E-state index in [1.54, 1.807) is 13.8 Å². The fraction of sp³-hybridized carbons (Fsp3) is 0.250. The summed E-state index contributed by atoms with van der Waals surface area (Å²) in [4.78, 5) is 14.8. The molecule has 1 N–H and O–H groups in total. The number of nitrogens with zero attached hydrogens (tertiary/aromatic N) is 3. The number of hydrogen-bond acceptors (Lipinski definition) is 3. The third kappa shape index (κ3) is 2.55. The molecular formula is C12H10BrF2N3O2. The van der Waals surface area contributed by atoms with Gasteiger partial charge in [0.25, 0.3) is 5.82 Å². The van der Waals surface area contributed by atoms with Crippen molar-refractivity contribution in [1.29, 1.82) is 0 Å². The van der Waals surface area contributed by atoms with Crippen molar-refractivity contribution in [2.24, 2.45) is 0 Å². The lowest BCUT2D eigenvalue weighted by Crippen LogP contribution is -2.07. The van der Waals surface area contributed by atoms with Crippen molar-refractivity contribution in [3.8, 4) is 5.69 Å². The second-order valence-electron chi connectivity index (χ2n) is 4.38. The Balaban J connectivity index is 2.68. The number of carboxylic acid groups (broad SMARTS) is 1. The SMILES string of the molecule is CC(C)c1nc(C(=O)O)nn1-c1cc(Br)c(F)cc1F. The maximum atomic E-state index is 13.9. The molecule has 8 heteroatoms. The van der Waals surface area contributed by atoms with Crippen molar-refractivity contribution in [3.63, 3.8) is 0 Å². The van der Waals surface area contributed by atoms with Crippen LogP contribution in [0.2, 0.25) is 0 Å². The van der Waals surface area contributed by atoms with Crippen LogP contribution in [0.25, 0.3) is 5.69 Å². The molecule has 0 aliphatic heterocycles. The molecule has 0 bridgehead atoms. The van der Waals surface area contributed by atoms with Gasteiger partial charge in [0.15, 0.2) is 5.82 Å². The van der Waals surface area contributed by atoms with Gasteiger partial charge in [-0.3, -0.25) is 0 Å². The summed E-state index contributed by atoms with van der Waals surface area (Å²) in [6, 6.07) is 1.89. The Bertz CT molecular complexity index is 686. The molecule has 2 rings (SSSR count). The molecule has 1 heterocycles. The predicted molar refractivity (Wildman–Crippen MR) is 70.0 cm³/mol. The Morgan fingerprint density at radius 3 is 2.55 bits per heavy atom. The molecule has 0 saturated heterocycles. The van der Waals surface area contributed by atoms with E-state index in [4.69, 9.17) is 5.11 Å². The van der Waals surface area contributed by atoms with E-state index in [1.165, 1.54) is 6.07 Å². The fourth-order valence-electron chi connectivity index (χ4n) is 1.64.